The number of piperidine rings is 1. The predicted octanol–water partition coefficient (Wildman–Crippen LogP) is 4.29. The number of halogens is 2. The minimum atomic E-state index is -0.798. The van der Waals surface area contributed by atoms with Crippen molar-refractivity contribution in [2.45, 2.75) is 51.7 Å². The van der Waals surface area contributed by atoms with Gasteiger partial charge in [0.2, 0.25) is 0 Å². The molecule has 0 unspecified atom stereocenters. The molecule has 0 spiro atoms. The molecule has 2 saturated heterocycles. The van der Waals surface area contributed by atoms with Crippen LogP contribution >= 0.6 is 27.5 Å². The molecule has 2 aliphatic heterocycles. The minimum absolute atomic E-state index is 0.0696. The molecule has 0 bridgehead atoms. The van der Waals surface area contributed by atoms with Crippen molar-refractivity contribution in [3.63, 3.8) is 0 Å². The van der Waals surface area contributed by atoms with Gasteiger partial charge in [0, 0.05) is 51.2 Å². The Morgan fingerprint density at radius 3 is 2.35 bits per heavy atom. The highest BCUT2D eigenvalue weighted by atomic mass is 79.9. The van der Waals surface area contributed by atoms with Crippen LogP contribution < -0.4 is 14.4 Å². The van der Waals surface area contributed by atoms with Gasteiger partial charge in [-0.05, 0) is 68.6 Å². The van der Waals surface area contributed by atoms with Crippen molar-refractivity contribution in [1.82, 2.24) is 19.8 Å². The molecule has 1 saturated carbocycles. The molecule has 2 aromatic rings. The van der Waals surface area contributed by atoms with E-state index in [-0.39, 0.29) is 12.2 Å². The number of aliphatic carboxylic acids is 1. The lowest BCUT2D eigenvalue weighted by molar-refractivity contribution is -0.148. The molecule has 202 valence electrons. The van der Waals surface area contributed by atoms with Gasteiger partial charge in [0.15, 0.2) is 5.75 Å². The number of carboxylic acids is 1. The normalized spacial score (nSPS) is 20.4. The highest BCUT2D eigenvalue weighted by molar-refractivity contribution is 9.10. The molecular formula is C26H35BrClN5O4. The highest BCUT2D eigenvalue weighted by Crippen LogP contribution is 2.44. The monoisotopic (exact) mass is 595 g/mol. The summed E-state index contributed by atoms with van der Waals surface area (Å²) in [6.45, 7) is 8.91. The van der Waals surface area contributed by atoms with Crippen LogP contribution in [0.2, 0.25) is 5.02 Å². The molecular weight excluding hydrogens is 562 g/mol. The number of rotatable bonds is 8. The van der Waals surface area contributed by atoms with Crippen LogP contribution in [0.5, 0.6) is 11.8 Å². The van der Waals surface area contributed by atoms with Gasteiger partial charge in [-0.2, -0.15) is 9.97 Å². The Hall–Kier alpha value is -1.88. The summed E-state index contributed by atoms with van der Waals surface area (Å²) in [6.07, 6.45) is 4.15. The number of carbonyl (C=O) groups is 1. The predicted molar refractivity (Wildman–Crippen MR) is 147 cm³/mol. The van der Waals surface area contributed by atoms with Crippen molar-refractivity contribution in [3.8, 4) is 11.8 Å². The van der Waals surface area contributed by atoms with Gasteiger partial charge in [0.05, 0.1) is 21.0 Å². The van der Waals surface area contributed by atoms with Crippen molar-refractivity contribution in [3.05, 3.63) is 15.6 Å². The third kappa shape index (κ3) is 6.08. The lowest BCUT2D eigenvalue weighted by Crippen LogP contribution is -2.50. The van der Waals surface area contributed by atoms with E-state index in [1.807, 2.05) is 6.07 Å². The second-order valence-electron chi connectivity index (χ2n) is 11.1. The lowest BCUT2D eigenvalue weighted by atomic mass is 9.93. The fourth-order valence-corrected chi connectivity index (χ4v) is 5.49. The lowest BCUT2D eigenvalue weighted by Gasteiger charge is -2.38. The van der Waals surface area contributed by atoms with E-state index in [9.17, 15) is 9.90 Å². The summed E-state index contributed by atoms with van der Waals surface area (Å²) >= 11 is 10.3. The highest BCUT2D eigenvalue weighted by Gasteiger charge is 2.33. The number of ether oxygens (including phenoxy) is 2. The van der Waals surface area contributed by atoms with Crippen molar-refractivity contribution in [2.24, 2.45) is 5.41 Å². The van der Waals surface area contributed by atoms with Crippen LogP contribution in [0.4, 0.5) is 5.82 Å². The summed E-state index contributed by atoms with van der Waals surface area (Å²) < 4.78 is 13.3. The van der Waals surface area contributed by atoms with Crippen molar-refractivity contribution >= 4 is 50.2 Å². The standard InChI is InChI=1S/C26H35BrClN5O4/c1-26(2,24(34)35)15-32-10-12-33(13-11-32)23-18-14-19(28)20(27)22(36-16-4-5-16)21(18)29-25(30-23)37-17-6-8-31(3)9-7-17/h14,16-17H,4-13,15H2,1-3H3,(H,34,35). The van der Waals surface area contributed by atoms with E-state index < -0.39 is 11.4 Å². The number of piperazine rings is 1. The fourth-order valence-electron chi connectivity index (χ4n) is 4.90. The van der Waals surface area contributed by atoms with Gasteiger partial charge >= 0.3 is 12.0 Å². The molecule has 1 N–H and O–H groups in total. The molecule has 1 aromatic heterocycles. The number of carboxylic acid groups (broad SMARTS) is 1. The Kier molecular flexibility index (Phi) is 7.73. The summed E-state index contributed by atoms with van der Waals surface area (Å²) in [7, 11) is 2.13. The van der Waals surface area contributed by atoms with Crippen LogP contribution in [0.3, 0.4) is 0 Å². The van der Waals surface area contributed by atoms with E-state index >= 15 is 0 Å². The number of likely N-dealkylation sites (tertiary alicyclic amines) is 1. The number of aromatic nitrogens is 2. The van der Waals surface area contributed by atoms with E-state index in [0.717, 1.165) is 63.1 Å². The average Bonchev–Trinajstić information content (AvgIpc) is 3.68. The van der Waals surface area contributed by atoms with E-state index in [0.29, 0.717) is 46.4 Å². The van der Waals surface area contributed by atoms with E-state index in [1.165, 1.54) is 0 Å². The maximum Gasteiger partial charge on any atom is 0.319 e. The summed E-state index contributed by atoms with van der Waals surface area (Å²) in [5.74, 6) is 0.639. The zero-order valence-corrected chi connectivity index (χ0v) is 24.0. The summed E-state index contributed by atoms with van der Waals surface area (Å²) in [5, 5.41) is 10.9. The van der Waals surface area contributed by atoms with Gasteiger partial charge in [0.1, 0.15) is 17.4 Å². The van der Waals surface area contributed by atoms with Crippen molar-refractivity contribution in [1.29, 1.82) is 0 Å². The number of anilines is 1. The first-order chi connectivity index (χ1) is 17.6. The molecule has 9 nitrogen and oxygen atoms in total. The van der Waals surface area contributed by atoms with Crippen molar-refractivity contribution < 1.29 is 19.4 Å². The molecule has 3 heterocycles. The topological polar surface area (TPSA) is 91.3 Å². The Bertz CT molecular complexity index is 1160. The quantitative estimate of drug-likeness (QED) is 0.479. The van der Waals surface area contributed by atoms with Gasteiger partial charge in [-0.25, -0.2) is 0 Å². The molecule has 37 heavy (non-hydrogen) atoms. The van der Waals surface area contributed by atoms with Crippen LogP contribution in [-0.2, 0) is 4.79 Å². The summed E-state index contributed by atoms with van der Waals surface area (Å²) in [6, 6.07) is 2.26. The van der Waals surface area contributed by atoms with Crippen LogP contribution in [0.25, 0.3) is 10.9 Å². The van der Waals surface area contributed by atoms with Gasteiger partial charge in [-0.15, -0.1) is 0 Å². The largest absolute Gasteiger partial charge is 0.487 e. The number of hydrogen-bond donors (Lipinski definition) is 1. The number of nitrogens with zero attached hydrogens (tertiary/aromatic N) is 5. The SMILES string of the molecule is CN1CCC(Oc2nc(N3CCN(CC(C)(C)C(=O)O)CC3)c3cc(Cl)c(Br)c(OC4CC4)c3n2)CC1. The summed E-state index contributed by atoms with van der Waals surface area (Å²) in [5.41, 5.74) is -0.0983. The van der Waals surface area contributed by atoms with E-state index in [2.05, 4.69) is 37.7 Å². The number of hydrogen-bond acceptors (Lipinski definition) is 8. The third-order valence-electron chi connectivity index (χ3n) is 7.42. The molecule has 1 aliphatic carbocycles. The molecule has 3 aliphatic rings. The molecule has 0 amide bonds. The second-order valence-corrected chi connectivity index (χ2v) is 12.3. The van der Waals surface area contributed by atoms with E-state index in [4.69, 9.17) is 31.0 Å². The molecule has 0 radical (unpaired) electrons. The molecule has 5 rings (SSSR count). The molecule has 0 atom stereocenters. The Morgan fingerprint density at radius 2 is 1.73 bits per heavy atom. The number of benzene rings is 1. The Morgan fingerprint density at radius 1 is 1.08 bits per heavy atom. The van der Waals surface area contributed by atoms with E-state index in [1.54, 1.807) is 13.8 Å². The third-order valence-corrected chi connectivity index (χ3v) is 8.73. The van der Waals surface area contributed by atoms with Gasteiger partial charge < -0.3 is 24.4 Å². The average molecular weight is 597 g/mol. The van der Waals surface area contributed by atoms with Gasteiger partial charge in [-0.1, -0.05) is 11.6 Å². The molecule has 11 heteroatoms. The molecule has 1 aromatic carbocycles. The van der Waals surface area contributed by atoms with Crippen LogP contribution in [0, 0.1) is 5.41 Å². The zero-order chi connectivity index (χ0) is 26.3. The maximum atomic E-state index is 11.6. The Balaban J connectivity index is 1.46. The first-order valence-corrected chi connectivity index (χ1v) is 14.2. The Labute approximate surface area is 231 Å². The maximum absolute atomic E-state index is 11.6. The smallest absolute Gasteiger partial charge is 0.319 e. The van der Waals surface area contributed by atoms with Crippen LogP contribution in [-0.4, -0.2) is 95.9 Å². The first kappa shape index (κ1) is 26.7. The van der Waals surface area contributed by atoms with Crippen LogP contribution in [0.15, 0.2) is 10.5 Å². The fraction of sp³-hybridized carbons (Fsp3) is 0.654. The number of fused-ring (bicyclic) bond motifs is 1. The minimum Gasteiger partial charge on any atom is -0.487 e. The van der Waals surface area contributed by atoms with Crippen LogP contribution in [0.1, 0.15) is 39.5 Å². The first-order valence-electron chi connectivity index (χ1n) is 13.0. The van der Waals surface area contributed by atoms with Gasteiger partial charge in [-0.3, -0.25) is 9.69 Å². The second kappa shape index (κ2) is 10.7. The van der Waals surface area contributed by atoms with Crippen molar-refractivity contribution in [2.75, 3.05) is 57.8 Å². The zero-order valence-electron chi connectivity index (χ0n) is 21.7. The van der Waals surface area contributed by atoms with Gasteiger partial charge in [0.25, 0.3) is 0 Å². The molecule has 3 fully saturated rings. The summed E-state index contributed by atoms with van der Waals surface area (Å²) in [4.78, 5) is 28.1.